The van der Waals surface area contributed by atoms with E-state index in [9.17, 15) is 8.42 Å². The largest absolute Gasteiger partial charge is 0.468 e. The summed E-state index contributed by atoms with van der Waals surface area (Å²) in [6.07, 6.45) is 1.58. The highest BCUT2D eigenvalue weighted by molar-refractivity contribution is 7.87. The van der Waals surface area contributed by atoms with Crippen LogP contribution >= 0.6 is 0 Å². The molecule has 1 atom stereocenters. The van der Waals surface area contributed by atoms with Crippen LogP contribution in [0.4, 0.5) is 0 Å². The molecular formula is C11H21N3O3S. The Morgan fingerprint density at radius 2 is 2.06 bits per heavy atom. The van der Waals surface area contributed by atoms with Crippen LogP contribution < -0.4 is 9.44 Å². The van der Waals surface area contributed by atoms with Crippen LogP contribution in [0.15, 0.2) is 22.8 Å². The van der Waals surface area contributed by atoms with Gasteiger partial charge in [-0.25, -0.2) is 4.72 Å². The topological polar surface area (TPSA) is 74.6 Å². The second-order valence-electron chi connectivity index (χ2n) is 4.62. The van der Waals surface area contributed by atoms with Crippen LogP contribution in [0.1, 0.15) is 25.6 Å². The fraction of sp³-hybridized carbons (Fsp3) is 0.636. The molecule has 1 aromatic rings. The molecule has 0 saturated carbocycles. The van der Waals surface area contributed by atoms with E-state index in [0.717, 1.165) is 5.76 Å². The first-order chi connectivity index (χ1) is 8.32. The minimum absolute atomic E-state index is 0.135. The van der Waals surface area contributed by atoms with Gasteiger partial charge in [0.05, 0.1) is 12.3 Å². The zero-order chi connectivity index (χ0) is 13.8. The maximum absolute atomic E-state index is 11.7. The highest BCUT2D eigenvalue weighted by Gasteiger charge is 2.20. The van der Waals surface area contributed by atoms with Gasteiger partial charge in [0.1, 0.15) is 5.76 Å². The molecule has 7 heteroatoms. The third kappa shape index (κ3) is 4.77. The first-order valence-electron chi connectivity index (χ1n) is 5.78. The van der Waals surface area contributed by atoms with Gasteiger partial charge in [-0.15, -0.1) is 0 Å². The lowest BCUT2D eigenvalue weighted by Gasteiger charge is -2.22. The van der Waals surface area contributed by atoms with Gasteiger partial charge in [-0.05, 0) is 40.1 Å². The van der Waals surface area contributed by atoms with Crippen LogP contribution in [0, 0.1) is 0 Å². The third-order valence-electron chi connectivity index (χ3n) is 2.35. The highest BCUT2D eigenvalue weighted by atomic mass is 32.2. The maximum Gasteiger partial charge on any atom is 0.277 e. The molecule has 0 saturated heterocycles. The van der Waals surface area contributed by atoms with Gasteiger partial charge in [0.25, 0.3) is 10.2 Å². The minimum Gasteiger partial charge on any atom is -0.468 e. The summed E-state index contributed by atoms with van der Waals surface area (Å²) in [6.45, 7) is 3.80. The van der Waals surface area contributed by atoms with Crippen LogP contribution in [-0.2, 0) is 10.2 Å². The average molecular weight is 275 g/mol. The van der Waals surface area contributed by atoms with E-state index < -0.39 is 10.2 Å². The fourth-order valence-corrected chi connectivity index (χ4v) is 2.64. The van der Waals surface area contributed by atoms with Gasteiger partial charge in [0.15, 0.2) is 0 Å². The summed E-state index contributed by atoms with van der Waals surface area (Å²) in [7, 11) is 0.276. The Hall–Kier alpha value is -0.890. The van der Waals surface area contributed by atoms with Gasteiger partial charge in [0, 0.05) is 12.6 Å². The Kier molecular flexibility index (Phi) is 5.33. The van der Waals surface area contributed by atoms with E-state index in [1.807, 2.05) is 25.1 Å². The second-order valence-corrected chi connectivity index (χ2v) is 6.15. The molecule has 1 unspecified atom stereocenters. The summed E-state index contributed by atoms with van der Waals surface area (Å²) in [6, 6.07) is 3.34. The zero-order valence-corrected chi connectivity index (χ0v) is 12.0. The maximum atomic E-state index is 11.7. The molecule has 0 bridgehead atoms. The Bertz CT molecular complexity index is 440. The lowest BCUT2D eigenvalue weighted by molar-refractivity contribution is 0.259. The molecular weight excluding hydrogens is 254 g/mol. The lowest BCUT2D eigenvalue weighted by Crippen LogP contribution is -2.43. The average Bonchev–Trinajstić information content (AvgIpc) is 2.68. The molecule has 104 valence electrons. The van der Waals surface area contributed by atoms with E-state index in [1.165, 1.54) is 0 Å². The van der Waals surface area contributed by atoms with Gasteiger partial charge >= 0.3 is 0 Å². The second kappa shape index (κ2) is 6.33. The molecule has 18 heavy (non-hydrogen) atoms. The van der Waals surface area contributed by atoms with Crippen LogP contribution in [-0.4, -0.2) is 40.0 Å². The molecule has 0 spiro atoms. The van der Waals surface area contributed by atoms with Crippen molar-refractivity contribution >= 4 is 10.2 Å². The van der Waals surface area contributed by atoms with Crippen molar-refractivity contribution < 1.29 is 12.8 Å². The van der Waals surface area contributed by atoms with Gasteiger partial charge < -0.3 is 4.42 Å². The summed E-state index contributed by atoms with van der Waals surface area (Å²) in [4.78, 5) is 1.90. The molecule has 1 rings (SSSR count). The molecule has 0 aliphatic rings. The van der Waals surface area contributed by atoms with E-state index in [2.05, 4.69) is 9.44 Å². The van der Waals surface area contributed by atoms with E-state index in [1.54, 1.807) is 26.2 Å². The van der Waals surface area contributed by atoms with E-state index in [0.29, 0.717) is 0 Å². The van der Waals surface area contributed by atoms with Crippen molar-refractivity contribution in [2.75, 3.05) is 20.6 Å². The number of nitrogens with zero attached hydrogens (tertiary/aromatic N) is 1. The van der Waals surface area contributed by atoms with Crippen molar-refractivity contribution in [1.29, 1.82) is 0 Å². The molecule has 0 radical (unpaired) electrons. The quantitative estimate of drug-likeness (QED) is 0.769. The first kappa shape index (κ1) is 15.2. The standard InChI is InChI=1S/C11H21N3O3S/c1-9(2)13-18(15,16)12-8-10(14(3)4)11-6-5-7-17-11/h5-7,9-10,12-13H,8H2,1-4H3. The normalized spacial score (nSPS) is 14.3. The molecule has 0 amide bonds. The molecule has 0 aliphatic carbocycles. The Morgan fingerprint density at radius 3 is 2.50 bits per heavy atom. The van der Waals surface area contributed by atoms with Gasteiger partial charge in [0.2, 0.25) is 0 Å². The third-order valence-corrected chi connectivity index (χ3v) is 3.68. The highest BCUT2D eigenvalue weighted by Crippen LogP contribution is 2.17. The Morgan fingerprint density at radius 1 is 1.39 bits per heavy atom. The van der Waals surface area contributed by atoms with Crippen molar-refractivity contribution in [3.63, 3.8) is 0 Å². The lowest BCUT2D eigenvalue weighted by atomic mass is 10.2. The number of rotatable bonds is 7. The van der Waals surface area contributed by atoms with Crippen LogP contribution in [0.25, 0.3) is 0 Å². The summed E-state index contributed by atoms with van der Waals surface area (Å²) in [5, 5.41) is 0. The molecule has 0 aromatic carbocycles. The first-order valence-corrected chi connectivity index (χ1v) is 7.27. The predicted octanol–water partition coefficient (Wildman–Crippen LogP) is 0.715. The molecule has 1 heterocycles. The van der Waals surface area contributed by atoms with Gasteiger partial charge in [-0.3, -0.25) is 4.90 Å². The summed E-state index contributed by atoms with van der Waals surface area (Å²) < 4.78 is 33.6. The SMILES string of the molecule is CC(C)NS(=O)(=O)NCC(c1ccco1)N(C)C. The van der Waals surface area contributed by atoms with Gasteiger partial charge in [-0.2, -0.15) is 13.1 Å². The monoisotopic (exact) mass is 275 g/mol. The molecule has 2 N–H and O–H groups in total. The zero-order valence-electron chi connectivity index (χ0n) is 11.2. The van der Waals surface area contributed by atoms with Crippen molar-refractivity contribution in [1.82, 2.24) is 14.3 Å². The predicted molar refractivity (Wildman–Crippen MR) is 70.3 cm³/mol. The van der Waals surface area contributed by atoms with Crippen LogP contribution in [0.2, 0.25) is 0 Å². The summed E-state index contributed by atoms with van der Waals surface area (Å²) in [5.74, 6) is 0.729. The van der Waals surface area contributed by atoms with Crippen molar-refractivity contribution in [3.8, 4) is 0 Å². The molecule has 1 aromatic heterocycles. The number of furan rings is 1. The Balaban J connectivity index is 2.64. The molecule has 6 nitrogen and oxygen atoms in total. The number of likely N-dealkylation sites (N-methyl/N-ethyl adjacent to an activating group) is 1. The summed E-state index contributed by atoms with van der Waals surface area (Å²) >= 11 is 0. The Labute approximate surface area is 109 Å². The smallest absolute Gasteiger partial charge is 0.277 e. The summed E-state index contributed by atoms with van der Waals surface area (Å²) in [5.41, 5.74) is 0. The number of nitrogens with one attached hydrogen (secondary N) is 2. The van der Waals surface area contributed by atoms with Crippen LogP contribution in [0.3, 0.4) is 0 Å². The van der Waals surface area contributed by atoms with E-state index in [4.69, 9.17) is 4.42 Å². The van der Waals surface area contributed by atoms with E-state index in [-0.39, 0.29) is 18.6 Å². The minimum atomic E-state index is -3.47. The van der Waals surface area contributed by atoms with E-state index >= 15 is 0 Å². The number of hydrogen-bond donors (Lipinski definition) is 2. The molecule has 0 aliphatic heterocycles. The van der Waals surface area contributed by atoms with Crippen LogP contribution in [0.5, 0.6) is 0 Å². The van der Waals surface area contributed by atoms with Gasteiger partial charge in [-0.1, -0.05) is 0 Å². The van der Waals surface area contributed by atoms with Crippen molar-refractivity contribution in [2.45, 2.75) is 25.9 Å². The molecule has 0 fully saturated rings. The van der Waals surface area contributed by atoms with Crippen molar-refractivity contribution in [3.05, 3.63) is 24.2 Å². The number of hydrogen-bond acceptors (Lipinski definition) is 4. The van der Waals surface area contributed by atoms with Crippen molar-refractivity contribution in [2.24, 2.45) is 0 Å². The fourth-order valence-electron chi connectivity index (χ4n) is 1.56.